The molecule has 2 nitrogen and oxygen atoms in total. The van der Waals surface area contributed by atoms with E-state index in [4.69, 9.17) is 0 Å². The highest BCUT2D eigenvalue weighted by molar-refractivity contribution is 5.18. The molecular weight excluding hydrogens is 258 g/mol. The van der Waals surface area contributed by atoms with E-state index >= 15 is 0 Å². The van der Waals surface area contributed by atoms with Gasteiger partial charge in [-0.1, -0.05) is 12.5 Å². The van der Waals surface area contributed by atoms with Crippen molar-refractivity contribution in [2.75, 3.05) is 13.1 Å². The molecule has 1 aliphatic heterocycles. The fourth-order valence-corrected chi connectivity index (χ4v) is 2.69. The molecule has 1 N–H and O–H groups in total. The molecule has 1 aliphatic rings. The van der Waals surface area contributed by atoms with Crippen molar-refractivity contribution >= 4 is 0 Å². The van der Waals surface area contributed by atoms with Gasteiger partial charge >= 0.3 is 0 Å². The molecule has 112 valence electrons. The summed E-state index contributed by atoms with van der Waals surface area (Å²) in [7, 11) is 0. The second-order valence-electron chi connectivity index (χ2n) is 5.91. The molecule has 0 aliphatic carbocycles. The highest BCUT2D eigenvalue weighted by Gasteiger charge is 2.19. The lowest BCUT2D eigenvalue weighted by molar-refractivity contribution is 0.175. The number of halogens is 2. The Morgan fingerprint density at radius 2 is 2.10 bits per heavy atom. The van der Waals surface area contributed by atoms with Crippen LogP contribution in [0.2, 0.25) is 0 Å². The van der Waals surface area contributed by atoms with Crippen LogP contribution in [-0.4, -0.2) is 30.1 Å². The number of hydrogen-bond acceptors (Lipinski definition) is 2. The SMILES string of the molecule is CC(C)N(Cc1ccc(F)cc1F)CC1CCCCN1. The van der Waals surface area contributed by atoms with Gasteiger partial charge in [0.05, 0.1) is 0 Å². The third kappa shape index (κ3) is 4.25. The van der Waals surface area contributed by atoms with E-state index in [1.807, 2.05) is 0 Å². The van der Waals surface area contributed by atoms with Gasteiger partial charge in [0.2, 0.25) is 0 Å². The Balaban J connectivity index is 2.01. The van der Waals surface area contributed by atoms with Crippen molar-refractivity contribution in [1.82, 2.24) is 10.2 Å². The topological polar surface area (TPSA) is 15.3 Å². The predicted octanol–water partition coefficient (Wildman–Crippen LogP) is 3.32. The van der Waals surface area contributed by atoms with Crippen molar-refractivity contribution in [3.05, 3.63) is 35.4 Å². The maximum Gasteiger partial charge on any atom is 0.130 e. The van der Waals surface area contributed by atoms with Crippen molar-refractivity contribution in [1.29, 1.82) is 0 Å². The maximum atomic E-state index is 13.8. The van der Waals surface area contributed by atoms with Crippen LogP contribution in [-0.2, 0) is 6.54 Å². The van der Waals surface area contributed by atoms with Gasteiger partial charge in [-0.25, -0.2) is 8.78 Å². The zero-order valence-electron chi connectivity index (χ0n) is 12.3. The summed E-state index contributed by atoms with van der Waals surface area (Å²) in [5.41, 5.74) is 0.566. The van der Waals surface area contributed by atoms with Crippen molar-refractivity contribution in [3.63, 3.8) is 0 Å². The predicted molar refractivity (Wildman–Crippen MR) is 77.5 cm³/mol. The quantitative estimate of drug-likeness (QED) is 0.891. The molecule has 0 saturated carbocycles. The van der Waals surface area contributed by atoms with Gasteiger partial charge in [0, 0.05) is 36.8 Å². The second kappa shape index (κ2) is 7.14. The van der Waals surface area contributed by atoms with E-state index in [0.29, 0.717) is 24.2 Å². The van der Waals surface area contributed by atoms with Gasteiger partial charge in [-0.05, 0) is 39.3 Å². The largest absolute Gasteiger partial charge is 0.313 e. The van der Waals surface area contributed by atoms with Gasteiger partial charge in [-0.2, -0.15) is 0 Å². The van der Waals surface area contributed by atoms with Gasteiger partial charge in [-0.15, -0.1) is 0 Å². The Kier molecular flexibility index (Phi) is 5.49. The average Bonchev–Trinajstić information content (AvgIpc) is 2.42. The summed E-state index contributed by atoms with van der Waals surface area (Å²) >= 11 is 0. The van der Waals surface area contributed by atoms with E-state index in [-0.39, 0.29) is 0 Å². The third-order valence-corrected chi connectivity index (χ3v) is 3.99. The first-order valence-corrected chi connectivity index (χ1v) is 7.47. The number of nitrogens with one attached hydrogen (secondary N) is 1. The van der Waals surface area contributed by atoms with Crippen molar-refractivity contribution in [3.8, 4) is 0 Å². The van der Waals surface area contributed by atoms with E-state index in [9.17, 15) is 8.78 Å². The van der Waals surface area contributed by atoms with Crippen LogP contribution in [0, 0.1) is 11.6 Å². The summed E-state index contributed by atoms with van der Waals surface area (Å²) in [6.45, 7) is 6.74. The van der Waals surface area contributed by atoms with Crippen LogP contribution in [0.3, 0.4) is 0 Å². The zero-order chi connectivity index (χ0) is 14.5. The van der Waals surface area contributed by atoms with Gasteiger partial charge in [-0.3, -0.25) is 4.90 Å². The lowest BCUT2D eigenvalue weighted by Crippen LogP contribution is -2.45. The van der Waals surface area contributed by atoms with E-state index in [1.165, 1.54) is 25.3 Å². The lowest BCUT2D eigenvalue weighted by atomic mass is 10.0. The second-order valence-corrected chi connectivity index (χ2v) is 5.91. The van der Waals surface area contributed by atoms with E-state index in [1.54, 1.807) is 6.07 Å². The van der Waals surface area contributed by atoms with Crippen molar-refractivity contribution in [2.45, 2.75) is 51.7 Å². The number of benzene rings is 1. The highest BCUT2D eigenvalue weighted by Crippen LogP contribution is 2.16. The molecule has 4 heteroatoms. The van der Waals surface area contributed by atoms with E-state index < -0.39 is 11.6 Å². The number of nitrogens with zero attached hydrogens (tertiary/aromatic N) is 1. The molecule has 20 heavy (non-hydrogen) atoms. The Labute approximate surface area is 120 Å². The summed E-state index contributed by atoms with van der Waals surface area (Å²) in [6.07, 6.45) is 3.68. The molecule has 1 saturated heterocycles. The first kappa shape index (κ1) is 15.4. The van der Waals surface area contributed by atoms with Crippen molar-refractivity contribution in [2.24, 2.45) is 0 Å². The Hall–Kier alpha value is -1.00. The minimum Gasteiger partial charge on any atom is -0.313 e. The van der Waals surface area contributed by atoms with Crippen LogP contribution in [0.5, 0.6) is 0 Å². The summed E-state index contributed by atoms with van der Waals surface area (Å²) in [4.78, 5) is 2.25. The van der Waals surface area contributed by atoms with Crippen LogP contribution in [0.25, 0.3) is 0 Å². The molecule has 0 radical (unpaired) electrons. The Morgan fingerprint density at radius 1 is 1.30 bits per heavy atom. The average molecular weight is 282 g/mol. The standard InChI is InChI=1S/C16H24F2N2/c1-12(2)20(11-15-5-3-4-8-19-15)10-13-6-7-14(17)9-16(13)18/h6-7,9,12,15,19H,3-5,8,10-11H2,1-2H3. The Morgan fingerprint density at radius 3 is 2.70 bits per heavy atom. The van der Waals surface area contributed by atoms with E-state index in [0.717, 1.165) is 19.2 Å². The molecule has 2 rings (SSSR count). The van der Waals surface area contributed by atoms with Gasteiger partial charge in [0.15, 0.2) is 0 Å². The van der Waals surface area contributed by atoms with Crippen molar-refractivity contribution < 1.29 is 8.78 Å². The normalized spacial score (nSPS) is 19.8. The van der Waals surface area contributed by atoms with Crippen LogP contribution in [0.4, 0.5) is 8.78 Å². The van der Waals surface area contributed by atoms with Crippen LogP contribution in [0.1, 0.15) is 38.7 Å². The molecule has 1 unspecified atom stereocenters. The number of piperidine rings is 1. The smallest absolute Gasteiger partial charge is 0.130 e. The monoisotopic (exact) mass is 282 g/mol. The maximum absolute atomic E-state index is 13.8. The summed E-state index contributed by atoms with van der Waals surface area (Å²) in [6, 6.07) is 4.66. The number of hydrogen-bond donors (Lipinski definition) is 1. The van der Waals surface area contributed by atoms with Crippen LogP contribution < -0.4 is 5.32 Å². The van der Waals surface area contributed by atoms with Gasteiger partial charge in [0.25, 0.3) is 0 Å². The summed E-state index contributed by atoms with van der Waals surface area (Å²) < 4.78 is 26.7. The summed E-state index contributed by atoms with van der Waals surface area (Å²) in [5, 5.41) is 3.52. The molecular formula is C16H24F2N2. The van der Waals surface area contributed by atoms with Gasteiger partial charge < -0.3 is 5.32 Å². The molecule has 1 fully saturated rings. The minimum absolute atomic E-state index is 0.336. The molecule has 0 bridgehead atoms. The minimum atomic E-state index is -0.517. The van der Waals surface area contributed by atoms with Crippen LogP contribution in [0.15, 0.2) is 18.2 Å². The third-order valence-electron chi connectivity index (χ3n) is 3.99. The van der Waals surface area contributed by atoms with E-state index in [2.05, 4.69) is 24.1 Å². The lowest BCUT2D eigenvalue weighted by Gasteiger charge is -2.33. The zero-order valence-corrected chi connectivity index (χ0v) is 12.3. The fourth-order valence-electron chi connectivity index (χ4n) is 2.69. The van der Waals surface area contributed by atoms with Gasteiger partial charge in [0.1, 0.15) is 11.6 Å². The highest BCUT2D eigenvalue weighted by atomic mass is 19.1. The molecule has 1 aromatic rings. The Bertz CT molecular complexity index is 428. The molecule has 0 aromatic heterocycles. The summed E-state index contributed by atoms with van der Waals surface area (Å²) in [5.74, 6) is -0.969. The fraction of sp³-hybridized carbons (Fsp3) is 0.625. The first-order chi connectivity index (χ1) is 9.56. The molecule has 0 amide bonds. The molecule has 1 aromatic carbocycles. The molecule has 1 heterocycles. The molecule has 1 atom stereocenters. The van der Waals surface area contributed by atoms with Crippen LogP contribution >= 0.6 is 0 Å². The molecule has 0 spiro atoms. The first-order valence-electron chi connectivity index (χ1n) is 7.47. The number of rotatable bonds is 5.